The van der Waals surface area contributed by atoms with Gasteiger partial charge < -0.3 is 23.7 Å². The summed E-state index contributed by atoms with van der Waals surface area (Å²) in [7, 11) is 0. The van der Waals surface area contributed by atoms with Crippen LogP contribution in [0, 0.1) is 0 Å². The standard InChI is InChI=1S/C26H44O9/c1-25(2,3)34-23(29)13-9-7-11-21(27)31-17-19-15-16-20(33-19)18-32-22(28)12-8-10-14-24(30)35-26(4,5)6/h19-20H,7-18H2,1-6H3/t19-,20-/m0/s1. The van der Waals surface area contributed by atoms with Crippen molar-refractivity contribution in [1.82, 2.24) is 0 Å². The fourth-order valence-corrected chi connectivity index (χ4v) is 3.40. The molecule has 0 radical (unpaired) electrons. The highest BCUT2D eigenvalue weighted by atomic mass is 16.6. The van der Waals surface area contributed by atoms with Crippen LogP contribution in [0.5, 0.6) is 0 Å². The maximum absolute atomic E-state index is 11.9. The van der Waals surface area contributed by atoms with E-state index in [4.69, 9.17) is 23.7 Å². The lowest BCUT2D eigenvalue weighted by atomic mass is 10.1. The number of hydrogen-bond acceptors (Lipinski definition) is 9. The Balaban J connectivity index is 2.07. The van der Waals surface area contributed by atoms with Gasteiger partial charge in [0.1, 0.15) is 24.4 Å². The molecular formula is C26H44O9. The van der Waals surface area contributed by atoms with Crippen molar-refractivity contribution < 1.29 is 42.9 Å². The van der Waals surface area contributed by atoms with Crippen molar-refractivity contribution in [3.05, 3.63) is 0 Å². The van der Waals surface area contributed by atoms with Crippen molar-refractivity contribution in [2.45, 2.75) is 129 Å². The van der Waals surface area contributed by atoms with E-state index in [1.807, 2.05) is 41.5 Å². The van der Waals surface area contributed by atoms with Crippen molar-refractivity contribution in [3.8, 4) is 0 Å². The molecule has 0 aromatic heterocycles. The Bertz CT molecular complexity index is 630. The molecule has 1 rings (SSSR count). The average Bonchev–Trinajstić information content (AvgIpc) is 3.17. The van der Waals surface area contributed by atoms with Crippen LogP contribution in [0.15, 0.2) is 0 Å². The quantitative estimate of drug-likeness (QED) is 0.194. The van der Waals surface area contributed by atoms with Crippen LogP contribution in [0.1, 0.15) is 106 Å². The lowest BCUT2D eigenvalue weighted by Crippen LogP contribution is -2.24. The van der Waals surface area contributed by atoms with Crippen LogP contribution in [0.2, 0.25) is 0 Å². The molecule has 1 aliphatic heterocycles. The molecule has 1 fully saturated rings. The summed E-state index contributed by atoms with van der Waals surface area (Å²) in [5.74, 6) is -1.17. The van der Waals surface area contributed by atoms with Crippen molar-refractivity contribution in [2.24, 2.45) is 0 Å². The summed E-state index contributed by atoms with van der Waals surface area (Å²) in [4.78, 5) is 47.1. The van der Waals surface area contributed by atoms with Gasteiger partial charge in [0.2, 0.25) is 0 Å². The van der Waals surface area contributed by atoms with Crippen LogP contribution in [0.25, 0.3) is 0 Å². The van der Waals surface area contributed by atoms with E-state index in [0.717, 1.165) is 12.8 Å². The molecule has 0 aromatic rings. The van der Waals surface area contributed by atoms with E-state index in [1.165, 1.54) is 0 Å². The van der Waals surface area contributed by atoms with Crippen LogP contribution in [-0.4, -0.2) is 60.5 Å². The Morgan fingerprint density at radius 2 is 0.914 bits per heavy atom. The Morgan fingerprint density at radius 3 is 1.23 bits per heavy atom. The van der Waals surface area contributed by atoms with Crippen LogP contribution in [0.4, 0.5) is 0 Å². The molecule has 9 nitrogen and oxygen atoms in total. The second-order valence-electron chi connectivity index (χ2n) is 10.9. The van der Waals surface area contributed by atoms with Gasteiger partial charge in [-0.15, -0.1) is 0 Å². The zero-order valence-corrected chi connectivity index (χ0v) is 22.3. The molecule has 35 heavy (non-hydrogen) atoms. The highest BCUT2D eigenvalue weighted by Gasteiger charge is 2.27. The molecule has 202 valence electrons. The first-order chi connectivity index (χ1) is 16.2. The Morgan fingerprint density at radius 1 is 0.600 bits per heavy atom. The third-order valence-corrected chi connectivity index (χ3v) is 4.92. The summed E-state index contributed by atoms with van der Waals surface area (Å²) in [5.41, 5.74) is -1.01. The fourth-order valence-electron chi connectivity index (χ4n) is 3.40. The number of rotatable bonds is 14. The predicted octanol–water partition coefficient (Wildman–Crippen LogP) is 4.42. The third kappa shape index (κ3) is 17.0. The Kier molecular flexibility index (Phi) is 13.3. The van der Waals surface area contributed by atoms with E-state index < -0.39 is 11.2 Å². The van der Waals surface area contributed by atoms with E-state index in [1.54, 1.807) is 0 Å². The molecule has 1 saturated heterocycles. The maximum atomic E-state index is 11.9. The van der Waals surface area contributed by atoms with Gasteiger partial charge in [-0.3, -0.25) is 19.2 Å². The summed E-state index contributed by atoms with van der Waals surface area (Å²) >= 11 is 0. The molecule has 1 heterocycles. The number of hydrogen-bond donors (Lipinski definition) is 0. The number of carbonyl (C=O) groups excluding carboxylic acids is 4. The minimum absolute atomic E-state index is 0.167. The van der Waals surface area contributed by atoms with Gasteiger partial charge >= 0.3 is 23.9 Å². The van der Waals surface area contributed by atoms with Gasteiger partial charge in [-0.2, -0.15) is 0 Å². The first-order valence-electron chi connectivity index (χ1n) is 12.6. The van der Waals surface area contributed by atoms with Crippen molar-refractivity contribution in [3.63, 3.8) is 0 Å². The predicted molar refractivity (Wildman–Crippen MR) is 128 cm³/mol. The van der Waals surface area contributed by atoms with Gasteiger partial charge in [0.05, 0.1) is 12.2 Å². The lowest BCUT2D eigenvalue weighted by Gasteiger charge is -2.19. The highest BCUT2D eigenvalue weighted by Crippen LogP contribution is 2.21. The summed E-state index contributed by atoms with van der Waals surface area (Å²) in [5, 5.41) is 0. The minimum Gasteiger partial charge on any atom is -0.463 e. The SMILES string of the molecule is CC(C)(C)OC(=O)CCCCC(=O)OC[C@@H]1CC[C@@H](COC(=O)CCCCC(=O)OC(C)(C)C)O1. The maximum Gasteiger partial charge on any atom is 0.306 e. The van der Waals surface area contributed by atoms with E-state index in [-0.39, 0.29) is 75.0 Å². The molecule has 0 N–H and O–H groups in total. The molecule has 2 atom stereocenters. The van der Waals surface area contributed by atoms with Gasteiger partial charge in [-0.25, -0.2) is 0 Å². The normalized spacial score (nSPS) is 18.1. The third-order valence-electron chi connectivity index (χ3n) is 4.92. The number of unbranched alkanes of at least 4 members (excludes halogenated alkanes) is 2. The monoisotopic (exact) mass is 500 g/mol. The van der Waals surface area contributed by atoms with Crippen LogP contribution in [-0.2, 0) is 42.9 Å². The zero-order chi connectivity index (χ0) is 26.5. The van der Waals surface area contributed by atoms with Crippen molar-refractivity contribution in [1.29, 1.82) is 0 Å². The van der Waals surface area contributed by atoms with Gasteiger partial charge in [-0.05, 0) is 80.1 Å². The van der Waals surface area contributed by atoms with Gasteiger partial charge in [0.25, 0.3) is 0 Å². The molecule has 0 unspecified atom stereocenters. The number of ether oxygens (including phenoxy) is 5. The average molecular weight is 501 g/mol. The fraction of sp³-hybridized carbons (Fsp3) is 0.846. The Labute approximate surface area is 209 Å². The second-order valence-corrected chi connectivity index (χ2v) is 10.9. The van der Waals surface area contributed by atoms with Crippen LogP contribution >= 0.6 is 0 Å². The van der Waals surface area contributed by atoms with Crippen LogP contribution < -0.4 is 0 Å². The molecule has 0 bridgehead atoms. The number of carbonyl (C=O) groups is 4. The second kappa shape index (κ2) is 15.1. The molecular weight excluding hydrogens is 456 g/mol. The van der Waals surface area contributed by atoms with E-state index in [9.17, 15) is 19.2 Å². The van der Waals surface area contributed by atoms with Gasteiger partial charge in [0, 0.05) is 25.7 Å². The van der Waals surface area contributed by atoms with Gasteiger partial charge in [-0.1, -0.05) is 0 Å². The van der Waals surface area contributed by atoms with Crippen molar-refractivity contribution >= 4 is 23.9 Å². The summed E-state index contributed by atoms with van der Waals surface area (Å²) < 4.78 is 26.8. The summed E-state index contributed by atoms with van der Waals surface area (Å²) in [6, 6.07) is 0. The van der Waals surface area contributed by atoms with Crippen molar-refractivity contribution in [2.75, 3.05) is 13.2 Å². The largest absolute Gasteiger partial charge is 0.463 e. The molecule has 0 aliphatic carbocycles. The Hall–Kier alpha value is -2.16. The summed E-state index contributed by atoms with van der Waals surface area (Å²) in [6.45, 7) is 11.2. The molecule has 9 heteroatoms. The molecule has 0 saturated carbocycles. The molecule has 0 spiro atoms. The van der Waals surface area contributed by atoms with E-state index in [2.05, 4.69) is 0 Å². The number of esters is 4. The van der Waals surface area contributed by atoms with E-state index in [0.29, 0.717) is 25.7 Å². The first kappa shape index (κ1) is 30.9. The highest BCUT2D eigenvalue weighted by molar-refractivity contribution is 5.71. The molecule has 1 aliphatic rings. The molecule has 0 amide bonds. The first-order valence-corrected chi connectivity index (χ1v) is 12.6. The van der Waals surface area contributed by atoms with E-state index >= 15 is 0 Å². The lowest BCUT2D eigenvalue weighted by molar-refractivity contribution is -0.156. The van der Waals surface area contributed by atoms with Crippen LogP contribution in [0.3, 0.4) is 0 Å². The zero-order valence-electron chi connectivity index (χ0n) is 22.3. The van der Waals surface area contributed by atoms with Gasteiger partial charge in [0.15, 0.2) is 0 Å². The molecule has 0 aromatic carbocycles. The summed E-state index contributed by atoms with van der Waals surface area (Å²) in [6.07, 6.45) is 4.32. The minimum atomic E-state index is -0.503. The smallest absolute Gasteiger partial charge is 0.306 e. The topological polar surface area (TPSA) is 114 Å².